The van der Waals surface area contributed by atoms with Crippen molar-refractivity contribution in [1.82, 2.24) is 15.0 Å². The zero-order chi connectivity index (χ0) is 18.7. The Labute approximate surface area is 152 Å². The molecule has 1 fully saturated rings. The van der Waals surface area contributed by atoms with Gasteiger partial charge in [-0.3, -0.25) is 9.59 Å². The molecular weight excluding hydrogens is 332 g/mol. The molecule has 7 heteroatoms. The second-order valence-electron chi connectivity index (χ2n) is 6.34. The first-order valence-corrected chi connectivity index (χ1v) is 8.62. The van der Waals surface area contributed by atoms with Crippen molar-refractivity contribution in [3.8, 4) is 0 Å². The summed E-state index contributed by atoms with van der Waals surface area (Å²) in [7, 11) is 1.67. The van der Waals surface area contributed by atoms with Gasteiger partial charge in [-0.05, 0) is 56.5 Å². The number of aryl methyl sites for hydroxylation is 1. The molecule has 7 nitrogen and oxygen atoms in total. The van der Waals surface area contributed by atoms with Gasteiger partial charge in [-0.2, -0.15) is 4.98 Å². The van der Waals surface area contributed by atoms with E-state index in [0.29, 0.717) is 29.5 Å². The maximum atomic E-state index is 13.0. The molecule has 26 heavy (non-hydrogen) atoms. The Morgan fingerprint density at radius 3 is 2.65 bits per heavy atom. The van der Waals surface area contributed by atoms with Crippen LogP contribution in [0.2, 0.25) is 0 Å². The van der Waals surface area contributed by atoms with Gasteiger partial charge in [0.1, 0.15) is 6.04 Å². The Morgan fingerprint density at radius 2 is 2.04 bits per heavy atom. The van der Waals surface area contributed by atoms with Crippen LogP contribution in [0.1, 0.15) is 47.4 Å². The number of amides is 2. The van der Waals surface area contributed by atoms with Crippen LogP contribution in [-0.2, 0) is 4.79 Å². The normalized spacial score (nSPS) is 17.0. The summed E-state index contributed by atoms with van der Waals surface area (Å²) in [5.74, 6) is 0.780. The van der Waals surface area contributed by atoms with Crippen molar-refractivity contribution in [2.24, 2.45) is 0 Å². The Balaban J connectivity index is 1.80. The molecule has 0 N–H and O–H groups in total. The molecule has 1 aromatic carbocycles. The number of carbonyl (C=O) groups is 2. The summed E-state index contributed by atoms with van der Waals surface area (Å²) in [4.78, 5) is 32.3. The van der Waals surface area contributed by atoms with Crippen LogP contribution in [0.15, 0.2) is 41.4 Å². The Morgan fingerprint density at radius 1 is 1.31 bits per heavy atom. The quantitative estimate of drug-likeness (QED) is 0.789. The summed E-state index contributed by atoms with van der Waals surface area (Å²) < 4.78 is 5.30. The molecule has 0 aliphatic carbocycles. The van der Waals surface area contributed by atoms with Gasteiger partial charge in [-0.25, -0.2) is 0 Å². The number of likely N-dealkylation sites (tertiary alicyclic amines) is 1. The van der Waals surface area contributed by atoms with Crippen molar-refractivity contribution >= 4 is 17.5 Å². The molecule has 0 bridgehead atoms. The SMILES string of the molecule is C=CC(=O)N(C)c1ccc(C(=O)N2CCCCC2c2nc(C)no2)cc1. The van der Waals surface area contributed by atoms with E-state index in [0.717, 1.165) is 19.3 Å². The molecule has 3 rings (SSSR count). The Bertz CT molecular complexity index is 812. The summed E-state index contributed by atoms with van der Waals surface area (Å²) >= 11 is 0. The number of likely N-dealkylation sites (N-methyl/N-ethyl adjacent to an activating group) is 1. The lowest BCUT2D eigenvalue weighted by atomic mass is 10.0. The van der Waals surface area contributed by atoms with E-state index >= 15 is 0 Å². The van der Waals surface area contributed by atoms with E-state index in [-0.39, 0.29) is 17.9 Å². The number of nitrogens with zero attached hydrogens (tertiary/aromatic N) is 4. The van der Waals surface area contributed by atoms with Crippen LogP contribution < -0.4 is 4.90 Å². The number of aromatic nitrogens is 2. The molecule has 1 saturated heterocycles. The second kappa shape index (κ2) is 7.51. The highest BCUT2D eigenvalue weighted by atomic mass is 16.5. The Kier molecular flexibility index (Phi) is 5.16. The number of hydrogen-bond donors (Lipinski definition) is 0. The first-order chi connectivity index (χ1) is 12.5. The van der Waals surface area contributed by atoms with Gasteiger partial charge >= 0.3 is 0 Å². The predicted octanol–water partition coefficient (Wildman–Crippen LogP) is 2.89. The minimum atomic E-state index is -0.202. The van der Waals surface area contributed by atoms with Crippen LogP contribution >= 0.6 is 0 Å². The molecule has 1 aliphatic rings. The van der Waals surface area contributed by atoms with Crippen LogP contribution in [0.25, 0.3) is 0 Å². The maximum absolute atomic E-state index is 13.0. The molecule has 0 saturated carbocycles. The van der Waals surface area contributed by atoms with Crippen molar-refractivity contribution in [2.75, 3.05) is 18.5 Å². The van der Waals surface area contributed by atoms with E-state index in [1.54, 1.807) is 43.1 Å². The average molecular weight is 354 g/mol. The number of piperidine rings is 1. The van der Waals surface area contributed by atoms with Crippen LogP contribution in [0.3, 0.4) is 0 Å². The van der Waals surface area contributed by atoms with Gasteiger partial charge in [-0.15, -0.1) is 0 Å². The predicted molar refractivity (Wildman–Crippen MR) is 96.7 cm³/mol. The minimum absolute atomic E-state index is 0.0743. The third kappa shape index (κ3) is 3.51. The number of rotatable bonds is 4. The topological polar surface area (TPSA) is 79.5 Å². The molecule has 0 spiro atoms. The standard InChI is InChI=1S/C19H22N4O3/c1-4-17(24)22(3)15-10-8-14(9-11-15)19(25)23-12-6-5-7-16(23)18-20-13(2)21-26-18/h4,8-11,16H,1,5-7,12H2,2-3H3. The van der Waals surface area contributed by atoms with Gasteiger partial charge in [0, 0.05) is 24.8 Å². The van der Waals surface area contributed by atoms with Gasteiger partial charge in [0.05, 0.1) is 0 Å². The molecule has 1 aliphatic heterocycles. The molecule has 2 aromatic rings. The number of hydrogen-bond acceptors (Lipinski definition) is 5. The number of benzene rings is 1. The van der Waals surface area contributed by atoms with Crippen molar-refractivity contribution in [3.05, 3.63) is 54.2 Å². The summed E-state index contributed by atoms with van der Waals surface area (Å²) in [6.07, 6.45) is 4.03. The molecule has 1 unspecified atom stereocenters. The average Bonchev–Trinajstić information content (AvgIpc) is 3.12. The minimum Gasteiger partial charge on any atom is -0.337 e. The second-order valence-corrected chi connectivity index (χ2v) is 6.34. The van der Waals surface area contributed by atoms with Gasteiger partial charge in [0.2, 0.25) is 11.8 Å². The fraction of sp³-hybridized carbons (Fsp3) is 0.368. The van der Waals surface area contributed by atoms with E-state index in [1.165, 1.54) is 11.0 Å². The molecule has 136 valence electrons. The van der Waals surface area contributed by atoms with E-state index in [4.69, 9.17) is 4.52 Å². The summed E-state index contributed by atoms with van der Waals surface area (Å²) in [6, 6.07) is 6.78. The van der Waals surface area contributed by atoms with Gasteiger partial charge in [-0.1, -0.05) is 11.7 Å². The largest absolute Gasteiger partial charge is 0.337 e. The zero-order valence-electron chi connectivity index (χ0n) is 15.0. The van der Waals surface area contributed by atoms with Crippen molar-refractivity contribution in [3.63, 3.8) is 0 Å². The monoisotopic (exact) mass is 354 g/mol. The lowest BCUT2D eigenvalue weighted by Gasteiger charge is -2.33. The highest BCUT2D eigenvalue weighted by molar-refractivity contribution is 6.01. The van der Waals surface area contributed by atoms with Crippen molar-refractivity contribution in [1.29, 1.82) is 0 Å². The van der Waals surface area contributed by atoms with Crippen molar-refractivity contribution < 1.29 is 14.1 Å². The highest BCUT2D eigenvalue weighted by Gasteiger charge is 2.32. The molecular formula is C19H22N4O3. The van der Waals surface area contributed by atoms with Gasteiger partial charge in [0.15, 0.2) is 5.82 Å². The first kappa shape index (κ1) is 17.8. The molecule has 2 heterocycles. The number of anilines is 1. The van der Waals surface area contributed by atoms with Crippen LogP contribution in [0.5, 0.6) is 0 Å². The van der Waals surface area contributed by atoms with Crippen LogP contribution in [-0.4, -0.2) is 40.4 Å². The van der Waals surface area contributed by atoms with Gasteiger partial charge in [0.25, 0.3) is 5.91 Å². The smallest absolute Gasteiger partial charge is 0.254 e. The molecule has 1 atom stereocenters. The molecule has 0 radical (unpaired) electrons. The summed E-state index contributed by atoms with van der Waals surface area (Å²) in [5.41, 5.74) is 1.27. The lowest BCUT2D eigenvalue weighted by molar-refractivity contribution is -0.113. The van der Waals surface area contributed by atoms with Crippen LogP contribution in [0.4, 0.5) is 5.69 Å². The van der Waals surface area contributed by atoms with E-state index in [2.05, 4.69) is 16.7 Å². The van der Waals surface area contributed by atoms with E-state index < -0.39 is 0 Å². The fourth-order valence-electron chi connectivity index (χ4n) is 3.14. The first-order valence-electron chi connectivity index (χ1n) is 8.62. The maximum Gasteiger partial charge on any atom is 0.254 e. The summed E-state index contributed by atoms with van der Waals surface area (Å²) in [6.45, 7) is 5.90. The van der Waals surface area contributed by atoms with Gasteiger partial charge < -0.3 is 14.3 Å². The van der Waals surface area contributed by atoms with E-state index in [9.17, 15) is 9.59 Å². The number of carbonyl (C=O) groups excluding carboxylic acids is 2. The molecule has 2 amide bonds. The van der Waals surface area contributed by atoms with E-state index in [1.807, 2.05) is 0 Å². The van der Waals surface area contributed by atoms with Crippen molar-refractivity contribution in [2.45, 2.75) is 32.2 Å². The van der Waals surface area contributed by atoms with Crippen LogP contribution in [0, 0.1) is 6.92 Å². The summed E-state index contributed by atoms with van der Waals surface area (Å²) in [5, 5.41) is 3.84. The third-order valence-corrected chi connectivity index (χ3v) is 4.60. The highest BCUT2D eigenvalue weighted by Crippen LogP contribution is 2.31. The fourth-order valence-corrected chi connectivity index (χ4v) is 3.14. The Hall–Kier alpha value is -2.96. The third-order valence-electron chi connectivity index (χ3n) is 4.60. The lowest BCUT2D eigenvalue weighted by Crippen LogP contribution is -2.38. The zero-order valence-corrected chi connectivity index (χ0v) is 15.0. The molecule has 1 aromatic heterocycles.